The van der Waals surface area contributed by atoms with Crippen LogP contribution in [0.5, 0.6) is 5.75 Å². The summed E-state index contributed by atoms with van der Waals surface area (Å²) in [5.41, 5.74) is 1.10. The summed E-state index contributed by atoms with van der Waals surface area (Å²) in [6, 6.07) is 5.51. The molecule has 2 unspecified atom stereocenters. The molecule has 1 rings (SSSR count). The molecule has 0 aromatic heterocycles. The highest BCUT2D eigenvalue weighted by Gasteiger charge is 2.25. The molecule has 0 radical (unpaired) electrons. The number of hydrogen-bond acceptors (Lipinski definition) is 4. The Kier molecular flexibility index (Phi) is 6.62. The summed E-state index contributed by atoms with van der Waals surface area (Å²) < 4.78 is 5.45. The van der Waals surface area contributed by atoms with Gasteiger partial charge in [-0.2, -0.15) is 0 Å². The van der Waals surface area contributed by atoms with E-state index in [-0.39, 0.29) is 11.6 Å². The number of ether oxygens (including phenoxy) is 1. The van der Waals surface area contributed by atoms with Gasteiger partial charge in [-0.15, -0.1) is 0 Å². The van der Waals surface area contributed by atoms with E-state index in [1.807, 2.05) is 19.1 Å². The van der Waals surface area contributed by atoms with Crippen LogP contribution < -0.4 is 10.1 Å². The van der Waals surface area contributed by atoms with E-state index in [1.165, 1.54) is 0 Å². The third-order valence-electron chi connectivity index (χ3n) is 3.65. The van der Waals surface area contributed by atoms with Crippen LogP contribution in [0.3, 0.4) is 0 Å². The molecule has 0 spiro atoms. The predicted octanol–water partition coefficient (Wildman–Crippen LogP) is 3.73. The number of hydrogen-bond donors (Lipinski definition) is 1. The molecule has 1 aromatic carbocycles. The monoisotopic (exact) mass is 294 g/mol. The van der Waals surface area contributed by atoms with Crippen molar-refractivity contribution in [2.24, 2.45) is 5.92 Å². The number of nitrogens with zero attached hydrogens (tertiary/aromatic N) is 1. The van der Waals surface area contributed by atoms with Gasteiger partial charge in [0.1, 0.15) is 0 Å². The molecule has 5 heteroatoms. The van der Waals surface area contributed by atoms with Crippen LogP contribution in [0.1, 0.15) is 46.1 Å². The van der Waals surface area contributed by atoms with Crippen LogP contribution in [-0.4, -0.2) is 24.1 Å². The van der Waals surface area contributed by atoms with Crippen molar-refractivity contribution in [3.8, 4) is 5.75 Å². The standard InChI is InChI=1S/C16H26N2O3/c1-6-17-12(5)16(11(3)4)13-8-9-14(18(19)20)15(10-13)21-7-2/h8-12,16-17H,6-7H2,1-5H3. The minimum absolute atomic E-state index is 0.0270. The van der Waals surface area contributed by atoms with Gasteiger partial charge in [0, 0.05) is 18.0 Å². The van der Waals surface area contributed by atoms with E-state index in [4.69, 9.17) is 4.74 Å². The summed E-state index contributed by atoms with van der Waals surface area (Å²) in [4.78, 5) is 10.7. The number of nitro benzene ring substituents is 1. The smallest absolute Gasteiger partial charge is 0.310 e. The van der Waals surface area contributed by atoms with E-state index < -0.39 is 4.92 Å². The lowest BCUT2D eigenvalue weighted by Gasteiger charge is -2.28. The lowest BCUT2D eigenvalue weighted by atomic mass is 9.83. The Balaban J connectivity index is 3.20. The second-order valence-corrected chi connectivity index (χ2v) is 5.53. The van der Waals surface area contributed by atoms with Crippen molar-refractivity contribution in [1.82, 2.24) is 5.32 Å². The van der Waals surface area contributed by atoms with Crippen LogP contribution in [-0.2, 0) is 0 Å². The topological polar surface area (TPSA) is 64.4 Å². The summed E-state index contributed by atoms with van der Waals surface area (Å²) >= 11 is 0. The highest BCUT2D eigenvalue weighted by molar-refractivity contribution is 5.49. The molecule has 0 saturated heterocycles. The SMILES string of the molecule is CCNC(C)C(c1ccc([N+](=O)[O-])c(OCC)c1)C(C)C. The van der Waals surface area contributed by atoms with Gasteiger partial charge < -0.3 is 10.1 Å². The maximum Gasteiger partial charge on any atom is 0.310 e. The van der Waals surface area contributed by atoms with Crippen LogP contribution in [0.4, 0.5) is 5.69 Å². The number of nitrogens with one attached hydrogen (secondary N) is 1. The molecule has 0 amide bonds. The van der Waals surface area contributed by atoms with E-state index in [1.54, 1.807) is 6.07 Å². The van der Waals surface area contributed by atoms with E-state index in [2.05, 4.69) is 33.0 Å². The first-order valence-electron chi connectivity index (χ1n) is 7.56. The summed E-state index contributed by atoms with van der Waals surface area (Å²) in [6.07, 6.45) is 0. The molecule has 1 aromatic rings. The molecule has 5 nitrogen and oxygen atoms in total. The van der Waals surface area contributed by atoms with E-state index in [9.17, 15) is 10.1 Å². The van der Waals surface area contributed by atoms with Gasteiger partial charge in [-0.25, -0.2) is 0 Å². The summed E-state index contributed by atoms with van der Waals surface area (Å²) in [7, 11) is 0. The highest BCUT2D eigenvalue weighted by atomic mass is 16.6. The van der Waals surface area contributed by atoms with Crippen molar-refractivity contribution in [1.29, 1.82) is 0 Å². The molecule has 1 N–H and O–H groups in total. The van der Waals surface area contributed by atoms with E-state index >= 15 is 0 Å². The molecule has 0 saturated carbocycles. The summed E-state index contributed by atoms with van der Waals surface area (Å²) in [6.45, 7) is 11.7. The van der Waals surface area contributed by atoms with Crippen LogP contribution in [0.2, 0.25) is 0 Å². The van der Waals surface area contributed by atoms with Crippen LogP contribution in [0, 0.1) is 16.0 Å². The van der Waals surface area contributed by atoms with Gasteiger partial charge in [-0.05, 0) is 37.9 Å². The quantitative estimate of drug-likeness (QED) is 0.586. The molecule has 2 atom stereocenters. The molecule has 0 bridgehead atoms. The molecule has 118 valence electrons. The number of rotatable bonds is 8. The minimum Gasteiger partial charge on any atom is -0.487 e. The van der Waals surface area contributed by atoms with Crippen LogP contribution in [0.15, 0.2) is 18.2 Å². The van der Waals surface area contributed by atoms with Gasteiger partial charge in [0.25, 0.3) is 0 Å². The van der Waals surface area contributed by atoms with Crippen molar-refractivity contribution in [2.45, 2.75) is 46.6 Å². The Morgan fingerprint density at radius 2 is 1.95 bits per heavy atom. The van der Waals surface area contributed by atoms with Crippen molar-refractivity contribution < 1.29 is 9.66 Å². The number of nitro groups is 1. The molecular weight excluding hydrogens is 268 g/mol. The zero-order valence-corrected chi connectivity index (χ0v) is 13.6. The van der Waals surface area contributed by atoms with Crippen LogP contribution in [0.25, 0.3) is 0 Å². The molecule has 21 heavy (non-hydrogen) atoms. The second kappa shape index (κ2) is 7.98. The van der Waals surface area contributed by atoms with Gasteiger partial charge in [0.05, 0.1) is 11.5 Å². The maximum atomic E-state index is 11.1. The maximum absolute atomic E-state index is 11.1. The van der Waals surface area contributed by atoms with E-state index in [0.29, 0.717) is 24.3 Å². The fourth-order valence-electron chi connectivity index (χ4n) is 2.86. The zero-order valence-electron chi connectivity index (χ0n) is 13.6. The van der Waals surface area contributed by atoms with Gasteiger partial charge in [-0.3, -0.25) is 10.1 Å². The normalized spacial score (nSPS) is 14.0. The van der Waals surface area contributed by atoms with Crippen LogP contribution >= 0.6 is 0 Å². The molecule has 0 fully saturated rings. The van der Waals surface area contributed by atoms with Gasteiger partial charge in [-0.1, -0.05) is 26.8 Å². The van der Waals surface area contributed by atoms with Crippen molar-refractivity contribution in [3.63, 3.8) is 0 Å². The molecule has 0 aliphatic rings. The predicted molar refractivity (Wildman–Crippen MR) is 85.0 cm³/mol. The molecule has 0 aliphatic carbocycles. The summed E-state index contributed by atoms with van der Waals surface area (Å²) in [5, 5.41) is 14.5. The van der Waals surface area contributed by atoms with Crippen molar-refractivity contribution in [3.05, 3.63) is 33.9 Å². The Morgan fingerprint density at radius 3 is 2.43 bits per heavy atom. The van der Waals surface area contributed by atoms with Crippen molar-refractivity contribution in [2.75, 3.05) is 13.2 Å². The van der Waals surface area contributed by atoms with Gasteiger partial charge in [0.15, 0.2) is 5.75 Å². The average Bonchev–Trinajstić information content (AvgIpc) is 2.39. The average molecular weight is 294 g/mol. The molecular formula is C16H26N2O3. The van der Waals surface area contributed by atoms with Gasteiger partial charge >= 0.3 is 5.69 Å². The lowest BCUT2D eigenvalue weighted by molar-refractivity contribution is -0.385. The Labute approximate surface area is 126 Å². The number of likely N-dealkylation sites (N-methyl/N-ethyl adjacent to an activating group) is 1. The Bertz CT molecular complexity index is 475. The highest BCUT2D eigenvalue weighted by Crippen LogP contribution is 2.35. The fourth-order valence-corrected chi connectivity index (χ4v) is 2.86. The zero-order chi connectivity index (χ0) is 16.0. The third-order valence-corrected chi connectivity index (χ3v) is 3.65. The third kappa shape index (κ3) is 4.43. The second-order valence-electron chi connectivity index (χ2n) is 5.53. The van der Waals surface area contributed by atoms with E-state index in [0.717, 1.165) is 12.1 Å². The minimum atomic E-state index is -0.396. The first-order valence-corrected chi connectivity index (χ1v) is 7.56. The summed E-state index contributed by atoms with van der Waals surface area (Å²) in [5.74, 6) is 1.06. The number of benzene rings is 1. The first-order chi connectivity index (χ1) is 9.92. The van der Waals surface area contributed by atoms with Gasteiger partial charge in [0.2, 0.25) is 0 Å². The first kappa shape index (κ1) is 17.4. The Hall–Kier alpha value is -1.62. The Morgan fingerprint density at radius 1 is 1.29 bits per heavy atom. The molecule has 0 aliphatic heterocycles. The molecule has 0 heterocycles. The fraction of sp³-hybridized carbons (Fsp3) is 0.625. The largest absolute Gasteiger partial charge is 0.487 e. The van der Waals surface area contributed by atoms with Crippen molar-refractivity contribution >= 4 is 5.69 Å². The lowest BCUT2D eigenvalue weighted by Crippen LogP contribution is -2.34.